The molecule has 9 heteroatoms. The number of aliphatic hydroxyl groups is 1. The number of methoxy groups -OCH3 is 2. The van der Waals surface area contributed by atoms with E-state index in [0.717, 1.165) is 24.8 Å². The van der Waals surface area contributed by atoms with Gasteiger partial charge in [-0.3, -0.25) is 14.9 Å². The van der Waals surface area contributed by atoms with E-state index in [1.807, 2.05) is 0 Å². The summed E-state index contributed by atoms with van der Waals surface area (Å²) in [6.45, 7) is 4.11. The van der Waals surface area contributed by atoms with E-state index in [1.165, 1.54) is 7.11 Å². The van der Waals surface area contributed by atoms with Crippen LogP contribution in [0.15, 0.2) is 23.2 Å². The monoisotopic (exact) mass is 462 g/mol. The van der Waals surface area contributed by atoms with Gasteiger partial charge in [-0.2, -0.15) is 0 Å². The number of aliphatic hydroxyl groups excluding tert-OH is 1. The molecular formula is C24H38N4O5. The van der Waals surface area contributed by atoms with Crippen LogP contribution in [0.1, 0.15) is 57.9 Å². The van der Waals surface area contributed by atoms with E-state index < -0.39 is 6.04 Å². The summed E-state index contributed by atoms with van der Waals surface area (Å²) in [5.74, 6) is 0.760. The van der Waals surface area contributed by atoms with Gasteiger partial charge in [-0.05, 0) is 55.7 Å². The van der Waals surface area contributed by atoms with Crippen molar-refractivity contribution in [1.29, 1.82) is 0 Å². The van der Waals surface area contributed by atoms with Crippen LogP contribution in [0.2, 0.25) is 0 Å². The molecule has 2 rings (SSSR count). The minimum atomic E-state index is -0.687. The highest BCUT2D eigenvalue weighted by Gasteiger charge is 2.26. The van der Waals surface area contributed by atoms with Crippen molar-refractivity contribution >= 4 is 17.8 Å². The Hall–Kier alpha value is -2.81. The van der Waals surface area contributed by atoms with Crippen LogP contribution in [0.3, 0.4) is 0 Å². The predicted molar refractivity (Wildman–Crippen MR) is 127 cm³/mol. The summed E-state index contributed by atoms with van der Waals surface area (Å²) in [4.78, 5) is 29.7. The fourth-order valence-electron chi connectivity index (χ4n) is 3.85. The van der Waals surface area contributed by atoms with Gasteiger partial charge in [0.25, 0.3) is 0 Å². The Morgan fingerprint density at radius 3 is 2.45 bits per heavy atom. The minimum Gasteiger partial charge on any atom is -0.493 e. The first-order chi connectivity index (χ1) is 15.7. The molecule has 2 amide bonds. The summed E-state index contributed by atoms with van der Waals surface area (Å²) in [6, 6.07) is 4.57. The lowest BCUT2D eigenvalue weighted by Crippen LogP contribution is -2.45. The maximum atomic E-state index is 12.9. The Balaban J connectivity index is 2.02. The zero-order valence-electron chi connectivity index (χ0n) is 20.1. The van der Waals surface area contributed by atoms with Gasteiger partial charge in [-0.15, -0.1) is 0 Å². The molecule has 1 aromatic rings. The number of rotatable bonds is 10. The van der Waals surface area contributed by atoms with Gasteiger partial charge < -0.3 is 25.6 Å². The summed E-state index contributed by atoms with van der Waals surface area (Å²) < 4.78 is 10.5. The molecule has 1 aromatic carbocycles. The fraction of sp³-hybridized carbons (Fsp3) is 0.625. The summed E-state index contributed by atoms with van der Waals surface area (Å²) in [7, 11) is 3.08. The molecule has 1 aliphatic rings. The number of carbonyl (C=O) groups is 2. The van der Waals surface area contributed by atoms with Crippen LogP contribution < -0.4 is 25.8 Å². The molecule has 9 nitrogen and oxygen atoms in total. The highest BCUT2D eigenvalue weighted by atomic mass is 16.5. The van der Waals surface area contributed by atoms with Gasteiger partial charge in [0.1, 0.15) is 6.04 Å². The van der Waals surface area contributed by atoms with Crippen LogP contribution >= 0.6 is 0 Å². The second-order valence-corrected chi connectivity index (χ2v) is 8.71. The summed E-state index contributed by atoms with van der Waals surface area (Å²) in [5.41, 5.74) is 6.73. The number of hydrogen-bond donors (Lipinski definition) is 4. The molecule has 0 radical (unpaired) electrons. The quantitative estimate of drug-likeness (QED) is 0.310. The number of nitrogens with zero attached hydrogens (tertiary/aromatic N) is 1. The molecule has 0 aliphatic heterocycles. The van der Waals surface area contributed by atoms with Gasteiger partial charge in [-0.1, -0.05) is 26.3 Å². The number of nitrogens with one attached hydrogen (secondary N) is 2. The van der Waals surface area contributed by atoms with Crippen molar-refractivity contribution in [2.75, 3.05) is 14.2 Å². The number of aliphatic imine (C=N–C) groups is 1. The lowest BCUT2D eigenvalue weighted by atomic mass is 9.92. The maximum absolute atomic E-state index is 12.9. The highest BCUT2D eigenvalue weighted by molar-refractivity contribution is 5.98. The first kappa shape index (κ1) is 26.4. The minimum absolute atomic E-state index is 0.0244. The molecule has 1 fully saturated rings. The Morgan fingerprint density at radius 2 is 1.85 bits per heavy atom. The standard InChI is InChI=1S/C24H38N4O5/c1-5-15(2)12-19(23(31)26-17-7-9-18(29)10-8-17)27-24(25)28-22(30)14-16-6-11-20(32-3)21(13-16)33-4/h6,11,13,15,17-19,29H,5,7-10,12,14H2,1-4H3,(H,26,31)(H3,25,27,28,30)/t15?,17?,18?,19-/m1/s1. The van der Waals surface area contributed by atoms with Crippen molar-refractivity contribution < 1.29 is 24.2 Å². The topological polar surface area (TPSA) is 135 Å². The second kappa shape index (κ2) is 13.0. The van der Waals surface area contributed by atoms with Crippen molar-refractivity contribution in [1.82, 2.24) is 10.6 Å². The zero-order valence-corrected chi connectivity index (χ0v) is 20.1. The molecule has 33 heavy (non-hydrogen) atoms. The zero-order chi connectivity index (χ0) is 24.4. The van der Waals surface area contributed by atoms with Crippen LogP contribution in [-0.4, -0.2) is 55.3 Å². The van der Waals surface area contributed by atoms with Crippen LogP contribution in [0.4, 0.5) is 0 Å². The van der Waals surface area contributed by atoms with Gasteiger partial charge in [0.2, 0.25) is 11.8 Å². The molecule has 1 unspecified atom stereocenters. The molecule has 1 aliphatic carbocycles. The summed E-state index contributed by atoms with van der Waals surface area (Å²) in [6.07, 6.45) is 4.06. The van der Waals surface area contributed by atoms with Gasteiger partial charge >= 0.3 is 0 Å². The van der Waals surface area contributed by atoms with Crippen molar-refractivity contribution in [2.45, 2.75) is 77.0 Å². The second-order valence-electron chi connectivity index (χ2n) is 8.71. The smallest absolute Gasteiger partial charge is 0.245 e. The molecular weight excluding hydrogens is 424 g/mol. The summed E-state index contributed by atoms with van der Waals surface area (Å²) in [5, 5.41) is 15.3. The van der Waals surface area contributed by atoms with Gasteiger partial charge in [0.05, 0.1) is 26.7 Å². The number of nitrogens with two attached hydrogens (primary N) is 1. The lowest BCUT2D eigenvalue weighted by Gasteiger charge is -2.27. The maximum Gasteiger partial charge on any atom is 0.245 e. The van der Waals surface area contributed by atoms with E-state index in [-0.39, 0.29) is 42.3 Å². The first-order valence-corrected chi connectivity index (χ1v) is 11.6. The number of carbonyl (C=O) groups excluding carboxylic acids is 2. The molecule has 5 N–H and O–H groups in total. The molecule has 0 bridgehead atoms. The number of guanidine groups is 1. The van der Waals surface area contributed by atoms with Gasteiger partial charge in [0.15, 0.2) is 17.5 Å². The van der Waals surface area contributed by atoms with Crippen LogP contribution in [0.25, 0.3) is 0 Å². The predicted octanol–water partition coefficient (Wildman–Crippen LogP) is 1.90. The van der Waals surface area contributed by atoms with E-state index >= 15 is 0 Å². The third-order valence-electron chi connectivity index (χ3n) is 6.04. The Kier molecular flexibility index (Phi) is 10.4. The molecule has 1 saturated carbocycles. The van der Waals surface area contributed by atoms with Crippen molar-refractivity contribution in [3.8, 4) is 11.5 Å². The number of hydrogen-bond acceptors (Lipinski definition) is 6. The summed E-state index contributed by atoms with van der Waals surface area (Å²) >= 11 is 0. The number of ether oxygens (including phenoxy) is 2. The molecule has 0 spiro atoms. The average molecular weight is 463 g/mol. The SMILES string of the molecule is CCC(C)C[C@@H](N=C(N)NC(=O)Cc1ccc(OC)c(OC)c1)C(=O)NC1CCC(O)CC1. The van der Waals surface area contributed by atoms with Crippen molar-refractivity contribution in [3.05, 3.63) is 23.8 Å². The Labute approximate surface area is 196 Å². The third kappa shape index (κ3) is 8.57. The largest absolute Gasteiger partial charge is 0.493 e. The van der Waals surface area contributed by atoms with Crippen molar-refractivity contribution in [3.63, 3.8) is 0 Å². The number of amides is 2. The van der Waals surface area contributed by atoms with E-state index in [9.17, 15) is 14.7 Å². The molecule has 2 atom stereocenters. The van der Waals surface area contributed by atoms with E-state index in [2.05, 4.69) is 29.5 Å². The van der Waals surface area contributed by atoms with Crippen LogP contribution in [0.5, 0.6) is 11.5 Å². The number of benzene rings is 1. The van der Waals surface area contributed by atoms with Crippen LogP contribution in [0, 0.1) is 5.92 Å². The Morgan fingerprint density at radius 1 is 1.18 bits per heavy atom. The van der Waals surface area contributed by atoms with E-state index in [0.29, 0.717) is 30.8 Å². The fourth-order valence-corrected chi connectivity index (χ4v) is 3.85. The van der Waals surface area contributed by atoms with Gasteiger partial charge in [-0.25, -0.2) is 4.99 Å². The van der Waals surface area contributed by atoms with Gasteiger partial charge in [0, 0.05) is 6.04 Å². The third-order valence-corrected chi connectivity index (χ3v) is 6.04. The lowest BCUT2D eigenvalue weighted by molar-refractivity contribution is -0.124. The first-order valence-electron chi connectivity index (χ1n) is 11.6. The van der Waals surface area contributed by atoms with E-state index in [4.69, 9.17) is 15.2 Å². The molecule has 184 valence electrons. The normalized spacial score (nSPS) is 20.5. The molecule has 0 heterocycles. The highest BCUT2D eigenvalue weighted by Crippen LogP contribution is 2.27. The van der Waals surface area contributed by atoms with Crippen LogP contribution in [-0.2, 0) is 16.0 Å². The van der Waals surface area contributed by atoms with Crippen molar-refractivity contribution in [2.24, 2.45) is 16.6 Å². The van der Waals surface area contributed by atoms with E-state index in [1.54, 1.807) is 25.3 Å². The molecule has 0 saturated heterocycles. The molecule has 0 aromatic heterocycles. The Bertz CT molecular complexity index is 821. The average Bonchev–Trinajstić information content (AvgIpc) is 2.79.